The highest BCUT2D eigenvalue weighted by molar-refractivity contribution is 5.68. The van der Waals surface area contributed by atoms with Gasteiger partial charge in [-0.15, -0.1) is 10.2 Å². The fourth-order valence-electron chi connectivity index (χ4n) is 1.74. The summed E-state index contributed by atoms with van der Waals surface area (Å²) < 4.78 is 5.33. The molecule has 2 aromatic rings. The molecule has 0 radical (unpaired) electrons. The molecule has 0 saturated carbocycles. The predicted octanol–water partition coefficient (Wildman–Crippen LogP) is 1.69. The number of pyridine rings is 1. The Morgan fingerprint density at radius 3 is 2.72 bits per heavy atom. The summed E-state index contributed by atoms with van der Waals surface area (Å²) in [6.45, 7) is 3.57. The maximum Gasteiger partial charge on any atom is 0.304 e. The lowest BCUT2D eigenvalue weighted by Gasteiger charge is -2.10. The third-order valence-corrected chi connectivity index (χ3v) is 2.52. The number of aromatic nitrogens is 3. The van der Waals surface area contributed by atoms with Gasteiger partial charge in [-0.3, -0.25) is 9.78 Å². The molecule has 2 rings (SSSR count). The van der Waals surface area contributed by atoms with Crippen molar-refractivity contribution in [3.8, 4) is 0 Å². The van der Waals surface area contributed by atoms with Crippen molar-refractivity contribution < 1.29 is 14.3 Å². The molecule has 18 heavy (non-hydrogen) atoms. The van der Waals surface area contributed by atoms with Gasteiger partial charge in [0.1, 0.15) is 0 Å². The molecule has 2 heterocycles. The molecule has 0 aliphatic carbocycles. The molecule has 0 bridgehead atoms. The number of carboxylic acids is 1. The van der Waals surface area contributed by atoms with Crippen LogP contribution in [0.5, 0.6) is 0 Å². The lowest BCUT2D eigenvalue weighted by atomic mass is 9.96. The minimum atomic E-state index is -0.919. The van der Waals surface area contributed by atoms with Crippen molar-refractivity contribution >= 4 is 5.97 Å². The van der Waals surface area contributed by atoms with Crippen LogP contribution in [0.25, 0.3) is 0 Å². The van der Waals surface area contributed by atoms with Gasteiger partial charge in [-0.25, -0.2) is 0 Å². The van der Waals surface area contributed by atoms with Gasteiger partial charge in [-0.2, -0.15) is 0 Å². The Hall–Kier alpha value is -2.24. The lowest BCUT2D eigenvalue weighted by Crippen LogP contribution is -2.09. The van der Waals surface area contributed by atoms with E-state index in [1.165, 1.54) is 0 Å². The highest BCUT2D eigenvalue weighted by Crippen LogP contribution is 2.27. The van der Waals surface area contributed by atoms with E-state index in [4.69, 9.17) is 9.52 Å². The third kappa shape index (κ3) is 2.71. The van der Waals surface area contributed by atoms with E-state index in [2.05, 4.69) is 15.2 Å². The lowest BCUT2D eigenvalue weighted by molar-refractivity contribution is -0.137. The minimum absolute atomic E-state index is 0.104. The normalized spacial score (nSPS) is 12.3. The van der Waals surface area contributed by atoms with Crippen LogP contribution in [0.15, 0.2) is 22.9 Å². The molecular formula is C12H13N3O3. The van der Waals surface area contributed by atoms with Crippen LogP contribution in [0.3, 0.4) is 0 Å². The van der Waals surface area contributed by atoms with Gasteiger partial charge in [0.2, 0.25) is 11.8 Å². The zero-order chi connectivity index (χ0) is 13.1. The number of carboxylic acid groups (broad SMARTS) is 1. The molecule has 2 aromatic heterocycles. The summed E-state index contributed by atoms with van der Waals surface area (Å²) in [4.78, 5) is 15.0. The zero-order valence-corrected chi connectivity index (χ0v) is 10.1. The molecule has 0 fully saturated rings. The van der Waals surface area contributed by atoms with Crippen LogP contribution >= 0.6 is 0 Å². The summed E-state index contributed by atoms with van der Waals surface area (Å²) >= 11 is 0. The first-order chi connectivity index (χ1) is 8.56. The Morgan fingerprint density at radius 2 is 2.17 bits per heavy atom. The average Bonchev–Trinajstić information content (AvgIpc) is 2.72. The molecule has 1 unspecified atom stereocenters. The van der Waals surface area contributed by atoms with Gasteiger partial charge in [-0.1, -0.05) is 6.07 Å². The first-order valence-corrected chi connectivity index (χ1v) is 5.49. The average molecular weight is 247 g/mol. The van der Waals surface area contributed by atoms with Crippen molar-refractivity contribution in [3.63, 3.8) is 0 Å². The molecule has 0 aliphatic heterocycles. The molecule has 6 nitrogen and oxygen atoms in total. The number of hydrogen-bond acceptors (Lipinski definition) is 5. The molecule has 1 N–H and O–H groups in total. The molecule has 94 valence electrons. The summed E-state index contributed by atoms with van der Waals surface area (Å²) in [5.74, 6) is -0.656. The Morgan fingerprint density at radius 1 is 1.39 bits per heavy atom. The van der Waals surface area contributed by atoms with E-state index < -0.39 is 11.9 Å². The largest absolute Gasteiger partial charge is 0.481 e. The van der Waals surface area contributed by atoms with Gasteiger partial charge in [-0.05, 0) is 18.1 Å². The molecule has 6 heteroatoms. The second-order valence-electron chi connectivity index (χ2n) is 4.11. The summed E-state index contributed by atoms with van der Waals surface area (Å²) in [6, 6.07) is 1.88. The van der Waals surface area contributed by atoms with Crippen LogP contribution in [0.4, 0.5) is 0 Å². The third-order valence-electron chi connectivity index (χ3n) is 2.52. The highest BCUT2D eigenvalue weighted by Gasteiger charge is 2.23. The number of rotatable bonds is 4. The fraction of sp³-hybridized carbons (Fsp3) is 0.333. The summed E-state index contributed by atoms with van der Waals surface area (Å²) in [5.41, 5.74) is 1.72. The van der Waals surface area contributed by atoms with E-state index in [9.17, 15) is 4.79 Å². The van der Waals surface area contributed by atoms with Gasteiger partial charge in [0, 0.05) is 19.3 Å². The fourth-order valence-corrected chi connectivity index (χ4v) is 1.74. The molecule has 0 aromatic carbocycles. The standard InChI is InChI=1S/C12H13N3O3/c1-7-3-9(6-13-5-7)10(4-11(16)17)12-15-14-8(2)18-12/h3,5-6,10H,4H2,1-2H3,(H,16,17). The van der Waals surface area contributed by atoms with E-state index in [0.717, 1.165) is 11.1 Å². The Kier molecular flexibility index (Phi) is 3.36. The van der Waals surface area contributed by atoms with Crippen LogP contribution in [-0.2, 0) is 4.79 Å². The van der Waals surface area contributed by atoms with Crippen LogP contribution in [-0.4, -0.2) is 26.3 Å². The Balaban J connectivity index is 2.39. The smallest absolute Gasteiger partial charge is 0.304 e. The van der Waals surface area contributed by atoms with E-state index in [1.807, 2.05) is 13.0 Å². The van der Waals surface area contributed by atoms with Crippen molar-refractivity contribution in [3.05, 3.63) is 41.4 Å². The minimum Gasteiger partial charge on any atom is -0.481 e. The predicted molar refractivity (Wildman–Crippen MR) is 62.1 cm³/mol. The Labute approximate surface area is 104 Å². The quantitative estimate of drug-likeness (QED) is 0.884. The van der Waals surface area contributed by atoms with Gasteiger partial charge in [0.05, 0.1) is 12.3 Å². The van der Waals surface area contributed by atoms with E-state index in [1.54, 1.807) is 19.3 Å². The zero-order valence-electron chi connectivity index (χ0n) is 10.1. The number of aryl methyl sites for hydroxylation is 2. The molecular weight excluding hydrogens is 234 g/mol. The maximum atomic E-state index is 10.9. The van der Waals surface area contributed by atoms with Crippen molar-refractivity contribution in [1.82, 2.24) is 15.2 Å². The SMILES string of the molecule is Cc1cncc(C(CC(=O)O)c2nnc(C)o2)c1. The van der Waals surface area contributed by atoms with Crippen LogP contribution in [0.2, 0.25) is 0 Å². The van der Waals surface area contributed by atoms with Gasteiger partial charge in [0.15, 0.2) is 0 Å². The topological polar surface area (TPSA) is 89.1 Å². The number of nitrogens with zero attached hydrogens (tertiary/aromatic N) is 3. The number of aliphatic carboxylic acids is 1. The summed E-state index contributed by atoms with van der Waals surface area (Å²) in [5, 5.41) is 16.6. The highest BCUT2D eigenvalue weighted by atomic mass is 16.4. The van der Waals surface area contributed by atoms with Crippen molar-refractivity contribution in [2.24, 2.45) is 0 Å². The molecule has 0 amide bonds. The van der Waals surface area contributed by atoms with Crippen LogP contribution in [0.1, 0.15) is 35.2 Å². The number of carbonyl (C=O) groups is 1. The van der Waals surface area contributed by atoms with E-state index in [0.29, 0.717) is 11.8 Å². The van der Waals surface area contributed by atoms with E-state index in [-0.39, 0.29) is 6.42 Å². The van der Waals surface area contributed by atoms with Gasteiger partial charge >= 0.3 is 5.97 Å². The van der Waals surface area contributed by atoms with Crippen molar-refractivity contribution in [2.45, 2.75) is 26.2 Å². The monoisotopic (exact) mass is 247 g/mol. The summed E-state index contributed by atoms with van der Waals surface area (Å²) in [7, 11) is 0. The van der Waals surface area contributed by atoms with Crippen LogP contribution < -0.4 is 0 Å². The van der Waals surface area contributed by atoms with Crippen molar-refractivity contribution in [2.75, 3.05) is 0 Å². The molecule has 0 saturated heterocycles. The molecule has 0 aliphatic rings. The van der Waals surface area contributed by atoms with Gasteiger partial charge in [0.25, 0.3) is 0 Å². The van der Waals surface area contributed by atoms with Crippen LogP contribution in [0, 0.1) is 13.8 Å². The van der Waals surface area contributed by atoms with Gasteiger partial charge < -0.3 is 9.52 Å². The summed E-state index contributed by atoms with van der Waals surface area (Å²) in [6.07, 6.45) is 3.23. The second-order valence-corrected chi connectivity index (χ2v) is 4.11. The first-order valence-electron chi connectivity index (χ1n) is 5.49. The molecule has 0 spiro atoms. The molecule has 1 atom stereocenters. The Bertz CT molecular complexity index is 565. The first kappa shape index (κ1) is 12.2. The maximum absolute atomic E-state index is 10.9. The number of hydrogen-bond donors (Lipinski definition) is 1. The van der Waals surface area contributed by atoms with E-state index >= 15 is 0 Å². The second kappa shape index (κ2) is 4.95. The van der Waals surface area contributed by atoms with Crippen molar-refractivity contribution in [1.29, 1.82) is 0 Å².